The Balaban J connectivity index is 1.98. The maximum absolute atomic E-state index is 12.3. The fraction of sp³-hybridized carbons (Fsp3) is 0.357. The maximum Gasteiger partial charge on any atom is 0.284 e. The Bertz CT molecular complexity index is 599. The number of amides is 1. The Labute approximate surface area is 136 Å². The van der Waals surface area contributed by atoms with Gasteiger partial charge in [-0.05, 0) is 24.1 Å². The highest BCUT2D eigenvalue weighted by molar-refractivity contribution is 9.10. The van der Waals surface area contributed by atoms with E-state index in [1.807, 2.05) is 24.3 Å². The van der Waals surface area contributed by atoms with Crippen LogP contribution in [0.5, 0.6) is 0 Å². The molecule has 1 aromatic carbocycles. The van der Waals surface area contributed by atoms with E-state index in [-0.39, 0.29) is 5.91 Å². The first kappa shape index (κ1) is 15.9. The monoisotopic (exact) mass is 368 g/mol. The predicted molar refractivity (Wildman–Crippen MR) is 88.6 cm³/mol. The third-order valence-electron chi connectivity index (χ3n) is 2.81. The SMILES string of the molecule is CCCNc1nnc(C(=O)N(C)Cc2ccc(Br)cc2)s1. The van der Waals surface area contributed by atoms with Crippen molar-refractivity contribution in [1.82, 2.24) is 15.1 Å². The molecule has 0 aliphatic heterocycles. The van der Waals surface area contributed by atoms with Gasteiger partial charge in [0.25, 0.3) is 5.91 Å². The first-order valence-corrected chi connectivity index (χ1v) is 8.28. The van der Waals surface area contributed by atoms with Gasteiger partial charge in [-0.25, -0.2) is 0 Å². The third kappa shape index (κ3) is 4.50. The van der Waals surface area contributed by atoms with Crippen LogP contribution in [-0.2, 0) is 6.54 Å². The van der Waals surface area contributed by atoms with Crippen LogP contribution in [0.15, 0.2) is 28.7 Å². The van der Waals surface area contributed by atoms with E-state index in [4.69, 9.17) is 0 Å². The summed E-state index contributed by atoms with van der Waals surface area (Å²) in [6.45, 7) is 3.45. The molecule has 7 heteroatoms. The highest BCUT2D eigenvalue weighted by Crippen LogP contribution is 2.18. The van der Waals surface area contributed by atoms with Gasteiger partial charge < -0.3 is 10.2 Å². The molecule has 0 spiro atoms. The number of anilines is 1. The van der Waals surface area contributed by atoms with Gasteiger partial charge in [-0.2, -0.15) is 0 Å². The fourth-order valence-corrected chi connectivity index (χ4v) is 2.74. The van der Waals surface area contributed by atoms with Crippen molar-refractivity contribution in [1.29, 1.82) is 0 Å². The number of benzene rings is 1. The smallest absolute Gasteiger partial charge is 0.284 e. The molecule has 1 heterocycles. The van der Waals surface area contributed by atoms with Crippen molar-refractivity contribution in [2.45, 2.75) is 19.9 Å². The van der Waals surface area contributed by atoms with E-state index in [2.05, 4.69) is 38.4 Å². The van der Waals surface area contributed by atoms with Crippen molar-refractivity contribution in [2.24, 2.45) is 0 Å². The standard InChI is InChI=1S/C14H17BrN4OS/c1-3-8-16-14-18-17-12(21-14)13(20)19(2)9-10-4-6-11(15)7-5-10/h4-7H,3,8-9H2,1-2H3,(H,16,18). The Morgan fingerprint density at radius 2 is 2.05 bits per heavy atom. The van der Waals surface area contributed by atoms with E-state index in [0.29, 0.717) is 16.7 Å². The summed E-state index contributed by atoms with van der Waals surface area (Å²) in [5.74, 6) is -0.111. The van der Waals surface area contributed by atoms with Crippen LogP contribution in [0, 0.1) is 0 Å². The first-order valence-electron chi connectivity index (χ1n) is 6.67. The zero-order valence-electron chi connectivity index (χ0n) is 12.0. The largest absolute Gasteiger partial charge is 0.360 e. The summed E-state index contributed by atoms with van der Waals surface area (Å²) in [7, 11) is 1.77. The van der Waals surface area contributed by atoms with Crippen LogP contribution in [0.3, 0.4) is 0 Å². The fourth-order valence-electron chi connectivity index (χ4n) is 1.71. The molecule has 112 valence electrons. The van der Waals surface area contributed by atoms with Crippen molar-refractivity contribution < 1.29 is 4.79 Å². The van der Waals surface area contributed by atoms with Gasteiger partial charge in [-0.1, -0.05) is 46.3 Å². The second-order valence-corrected chi connectivity index (χ2v) is 6.52. The summed E-state index contributed by atoms with van der Waals surface area (Å²) < 4.78 is 1.02. The summed E-state index contributed by atoms with van der Waals surface area (Å²) in [5.41, 5.74) is 1.07. The minimum Gasteiger partial charge on any atom is -0.360 e. The highest BCUT2D eigenvalue weighted by Gasteiger charge is 2.17. The predicted octanol–water partition coefficient (Wildman–Crippen LogP) is 3.39. The molecule has 1 amide bonds. The quantitative estimate of drug-likeness (QED) is 0.848. The minimum atomic E-state index is -0.111. The van der Waals surface area contributed by atoms with E-state index >= 15 is 0 Å². The molecule has 21 heavy (non-hydrogen) atoms. The molecule has 0 saturated carbocycles. The molecule has 2 rings (SSSR count). The van der Waals surface area contributed by atoms with Gasteiger partial charge in [0.1, 0.15) is 0 Å². The maximum atomic E-state index is 12.3. The molecule has 0 aliphatic carbocycles. The molecule has 0 radical (unpaired) electrons. The molecule has 0 unspecified atom stereocenters. The number of nitrogens with zero attached hydrogens (tertiary/aromatic N) is 3. The summed E-state index contributed by atoms with van der Waals surface area (Å²) >= 11 is 4.69. The normalized spacial score (nSPS) is 10.4. The first-order chi connectivity index (χ1) is 10.1. The van der Waals surface area contributed by atoms with Crippen molar-refractivity contribution in [3.05, 3.63) is 39.3 Å². The summed E-state index contributed by atoms with van der Waals surface area (Å²) in [6.07, 6.45) is 1.01. The van der Waals surface area contributed by atoms with E-state index in [1.165, 1.54) is 11.3 Å². The minimum absolute atomic E-state index is 0.111. The van der Waals surface area contributed by atoms with Gasteiger partial charge >= 0.3 is 0 Å². The Hall–Kier alpha value is -1.47. The number of rotatable bonds is 6. The number of nitrogens with one attached hydrogen (secondary N) is 1. The average Bonchev–Trinajstić information content (AvgIpc) is 2.95. The van der Waals surface area contributed by atoms with Crippen molar-refractivity contribution in [2.75, 3.05) is 18.9 Å². The van der Waals surface area contributed by atoms with Crippen LogP contribution >= 0.6 is 27.3 Å². The lowest BCUT2D eigenvalue weighted by Crippen LogP contribution is -2.26. The Morgan fingerprint density at radius 1 is 1.33 bits per heavy atom. The van der Waals surface area contributed by atoms with Crippen molar-refractivity contribution in [3.63, 3.8) is 0 Å². The molecule has 0 fully saturated rings. The van der Waals surface area contributed by atoms with Gasteiger partial charge in [0.05, 0.1) is 0 Å². The van der Waals surface area contributed by atoms with Gasteiger partial charge in [0.15, 0.2) is 0 Å². The van der Waals surface area contributed by atoms with Crippen LogP contribution in [0.1, 0.15) is 28.7 Å². The number of aromatic nitrogens is 2. The van der Waals surface area contributed by atoms with Crippen molar-refractivity contribution in [3.8, 4) is 0 Å². The lowest BCUT2D eigenvalue weighted by atomic mass is 10.2. The molecule has 5 nitrogen and oxygen atoms in total. The average molecular weight is 369 g/mol. The van der Waals surface area contributed by atoms with Crippen LogP contribution < -0.4 is 5.32 Å². The number of halogens is 1. The van der Waals surface area contributed by atoms with E-state index < -0.39 is 0 Å². The molecule has 1 aromatic heterocycles. The van der Waals surface area contributed by atoms with Crippen LogP contribution in [0.4, 0.5) is 5.13 Å². The zero-order valence-corrected chi connectivity index (χ0v) is 14.4. The van der Waals surface area contributed by atoms with Gasteiger partial charge in [0, 0.05) is 24.6 Å². The Morgan fingerprint density at radius 3 is 2.71 bits per heavy atom. The number of carbonyl (C=O) groups is 1. The molecule has 0 bridgehead atoms. The molecule has 2 aromatic rings. The van der Waals surface area contributed by atoms with Crippen molar-refractivity contribution >= 4 is 38.3 Å². The summed E-state index contributed by atoms with van der Waals surface area (Å²) in [4.78, 5) is 13.9. The van der Waals surface area contributed by atoms with Gasteiger partial charge in [-0.3, -0.25) is 4.79 Å². The molecular weight excluding hydrogens is 352 g/mol. The molecule has 0 atom stereocenters. The van der Waals surface area contributed by atoms with Crippen LogP contribution in [0.25, 0.3) is 0 Å². The van der Waals surface area contributed by atoms with E-state index in [9.17, 15) is 4.79 Å². The molecule has 0 aliphatic rings. The lowest BCUT2D eigenvalue weighted by molar-refractivity contribution is 0.0784. The van der Waals surface area contributed by atoms with Crippen LogP contribution in [0.2, 0.25) is 0 Å². The second-order valence-electron chi connectivity index (χ2n) is 4.63. The molecular formula is C14H17BrN4OS. The number of carbonyl (C=O) groups excluding carboxylic acids is 1. The molecule has 0 saturated heterocycles. The number of hydrogen-bond donors (Lipinski definition) is 1. The van der Waals surface area contributed by atoms with E-state index in [0.717, 1.165) is 23.0 Å². The lowest BCUT2D eigenvalue weighted by Gasteiger charge is -2.15. The topological polar surface area (TPSA) is 58.1 Å². The third-order valence-corrected chi connectivity index (χ3v) is 4.21. The van der Waals surface area contributed by atoms with E-state index in [1.54, 1.807) is 11.9 Å². The highest BCUT2D eigenvalue weighted by atomic mass is 79.9. The van der Waals surface area contributed by atoms with Gasteiger partial charge in [-0.15, -0.1) is 10.2 Å². The second kappa shape index (κ2) is 7.51. The number of hydrogen-bond acceptors (Lipinski definition) is 5. The zero-order chi connectivity index (χ0) is 15.2. The molecule has 1 N–H and O–H groups in total. The summed E-state index contributed by atoms with van der Waals surface area (Å²) in [6, 6.07) is 7.90. The van der Waals surface area contributed by atoms with Gasteiger partial charge in [0.2, 0.25) is 10.1 Å². The van der Waals surface area contributed by atoms with Crippen LogP contribution in [-0.4, -0.2) is 34.6 Å². The Kier molecular flexibility index (Phi) is 5.69. The summed E-state index contributed by atoms with van der Waals surface area (Å²) in [5, 5.41) is 12.2.